The molecule has 2 aromatic carbocycles. The molecule has 26 heavy (non-hydrogen) atoms. The minimum atomic E-state index is -3.63. The molecule has 0 aliphatic carbocycles. The van der Waals surface area contributed by atoms with Gasteiger partial charge in [-0.25, -0.2) is 17.7 Å². The molecule has 0 fully saturated rings. The van der Waals surface area contributed by atoms with Gasteiger partial charge in [0.05, 0.1) is 11.4 Å². The lowest BCUT2D eigenvalue weighted by atomic mass is 10.2. The van der Waals surface area contributed by atoms with E-state index >= 15 is 0 Å². The maximum atomic E-state index is 12.7. The molecule has 0 bridgehead atoms. The molecule has 1 aromatic heterocycles. The van der Waals surface area contributed by atoms with Gasteiger partial charge < -0.3 is 4.74 Å². The molecule has 1 aliphatic rings. The van der Waals surface area contributed by atoms with E-state index in [4.69, 9.17) is 16.3 Å². The van der Waals surface area contributed by atoms with Gasteiger partial charge in [0.1, 0.15) is 11.6 Å². The topological polar surface area (TPSA) is 72.4 Å². The zero-order valence-corrected chi connectivity index (χ0v) is 15.3. The molecule has 3 aromatic rings. The van der Waals surface area contributed by atoms with Crippen molar-refractivity contribution in [1.29, 1.82) is 0 Å². The first-order valence-electron chi connectivity index (χ1n) is 7.83. The lowest BCUT2D eigenvalue weighted by Gasteiger charge is -2.16. The van der Waals surface area contributed by atoms with Gasteiger partial charge in [-0.05, 0) is 42.3 Å². The number of hydrogen-bond acceptors (Lipinski definition) is 5. The number of fused-ring (bicyclic) bond motifs is 1. The molecule has 8 heteroatoms. The van der Waals surface area contributed by atoms with Crippen LogP contribution in [0.2, 0.25) is 5.02 Å². The number of rotatable bonds is 3. The summed E-state index contributed by atoms with van der Waals surface area (Å²) in [4.78, 5) is 8.63. The molecule has 0 spiro atoms. The van der Waals surface area contributed by atoms with E-state index in [1.807, 2.05) is 13.0 Å². The number of halogens is 1. The SMILES string of the molecule is Cc1cc(Oc2nccc(N3Cc4ccccc4S3(=O)=O)n2)ccc1Cl. The fourth-order valence-corrected chi connectivity index (χ4v) is 4.48. The van der Waals surface area contributed by atoms with Gasteiger partial charge in [-0.1, -0.05) is 29.8 Å². The molecule has 6 nitrogen and oxygen atoms in total. The molecule has 4 rings (SSSR count). The van der Waals surface area contributed by atoms with Gasteiger partial charge in [0.2, 0.25) is 0 Å². The maximum absolute atomic E-state index is 12.7. The van der Waals surface area contributed by atoms with Gasteiger partial charge in [-0.3, -0.25) is 0 Å². The average molecular weight is 388 g/mol. The maximum Gasteiger partial charge on any atom is 0.323 e. The van der Waals surface area contributed by atoms with Crippen LogP contribution in [0.4, 0.5) is 5.82 Å². The minimum Gasteiger partial charge on any atom is -0.424 e. The number of aryl methyl sites for hydroxylation is 1. The third-order valence-corrected chi connectivity index (χ3v) is 6.34. The Bertz CT molecular complexity index is 1100. The van der Waals surface area contributed by atoms with Gasteiger partial charge in [-0.15, -0.1) is 0 Å². The first kappa shape index (κ1) is 16.8. The Morgan fingerprint density at radius 2 is 1.96 bits per heavy atom. The molecule has 0 saturated carbocycles. The predicted octanol–water partition coefficient (Wildman–Crippen LogP) is 3.94. The summed E-state index contributed by atoms with van der Waals surface area (Å²) in [6.07, 6.45) is 1.47. The Hall–Kier alpha value is -2.64. The highest BCUT2D eigenvalue weighted by Crippen LogP contribution is 2.34. The highest BCUT2D eigenvalue weighted by molar-refractivity contribution is 7.93. The van der Waals surface area contributed by atoms with Crippen molar-refractivity contribution in [2.24, 2.45) is 0 Å². The summed E-state index contributed by atoms with van der Waals surface area (Å²) in [5.74, 6) is 0.786. The number of sulfonamides is 1. The van der Waals surface area contributed by atoms with Crippen LogP contribution in [0.15, 0.2) is 59.6 Å². The zero-order chi connectivity index (χ0) is 18.3. The van der Waals surface area contributed by atoms with Crippen LogP contribution in [-0.2, 0) is 16.6 Å². The highest BCUT2D eigenvalue weighted by Gasteiger charge is 2.35. The predicted molar refractivity (Wildman–Crippen MR) is 98.1 cm³/mol. The second-order valence-electron chi connectivity index (χ2n) is 5.83. The van der Waals surface area contributed by atoms with Crippen molar-refractivity contribution in [1.82, 2.24) is 9.97 Å². The molecule has 1 aliphatic heterocycles. The highest BCUT2D eigenvalue weighted by atomic mass is 35.5. The van der Waals surface area contributed by atoms with Crippen molar-refractivity contribution in [3.8, 4) is 11.8 Å². The first-order valence-corrected chi connectivity index (χ1v) is 9.65. The van der Waals surface area contributed by atoms with Crippen LogP contribution in [0.5, 0.6) is 11.8 Å². The largest absolute Gasteiger partial charge is 0.424 e. The minimum absolute atomic E-state index is 0.0652. The molecular weight excluding hydrogens is 374 g/mol. The number of hydrogen-bond donors (Lipinski definition) is 0. The molecule has 0 saturated heterocycles. The number of ether oxygens (including phenoxy) is 1. The number of benzene rings is 2. The standard InChI is InChI=1S/C18H14ClN3O3S/c1-12-10-14(6-7-15(12)19)25-18-20-9-8-17(21-18)22-11-13-4-2-3-5-16(13)26(22,23)24/h2-10H,11H2,1H3. The molecule has 0 unspecified atom stereocenters. The third-order valence-electron chi connectivity index (χ3n) is 4.07. The molecule has 0 N–H and O–H groups in total. The summed E-state index contributed by atoms with van der Waals surface area (Å²) in [5, 5.41) is 0.632. The Morgan fingerprint density at radius 3 is 2.73 bits per heavy atom. The second-order valence-corrected chi connectivity index (χ2v) is 8.07. The molecule has 0 amide bonds. The monoisotopic (exact) mass is 387 g/mol. The Morgan fingerprint density at radius 1 is 1.15 bits per heavy atom. The number of nitrogens with zero attached hydrogens (tertiary/aromatic N) is 3. The lowest BCUT2D eigenvalue weighted by Crippen LogP contribution is -2.24. The zero-order valence-electron chi connectivity index (χ0n) is 13.8. The van der Waals surface area contributed by atoms with Crippen molar-refractivity contribution < 1.29 is 13.2 Å². The summed E-state index contributed by atoms with van der Waals surface area (Å²) in [6, 6.07) is 13.7. The smallest absolute Gasteiger partial charge is 0.323 e. The molecular formula is C18H14ClN3O3S. The van der Waals surface area contributed by atoms with Crippen molar-refractivity contribution in [3.05, 3.63) is 70.9 Å². The van der Waals surface area contributed by atoms with E-state index in [1.165, 1.54) is 10.5 Å². The molecule has 2 heterocycles. The van der Waals surface area contributed by atoms with Crippen LogP contribution in [0.1, 0.15) is 11.1 Å². The van der Waals surface area contributed by atoms with E-state index < -0.39 is 10.0 Å². The Balaban J connectivity index is 1.66. The third kappa shape index (κ3) is 2.89. The molecule has 0 atom stereocenters. The number of aromatic nitrogens is 2. The van der Waals surface area contributed by atoms with Gasteiger partial charge >= 0.3 is 6.01 Å². The van der Waals surface area contributed by atoms with Crippen LogP contribution >= 0.6 is 11.6 Å². The normalized spacial score (nSPS) is 14.9. The van der Waals surface area contributed by atoms with Crippen LogP contribution in [0.25, 0.3) is 0 Å². The quantitative estimate of drug-likeness (QED) is 0.680. The van der Waals surface area contributed by atoms with Crippen LogP contribution in [0.3, 0.4) is 0 Å². The van der Waals surface area contributed by atoms with Crippen LogP contribution in [-0.4, -0.2) is 18.4 Å². The van der Waals surface area contributed by atoms with Crippen molar-refractivity contribution in [2.75, 3.05) is 4.31 Å². The van der Waals surface area contributed by atoms with E-state index in [9.17, 15) is 8.42 Å². The Kier molecular flexibility index (Phi) is 4.05. The van der Waals surface area contributed by atoms with E-state index in [2.05, 4.69) is 9.97 Å². The van der Waals surface area contributed by atoms with E-state index in [0.717, 1.165) is 11.1 Å². The van der Waals surface area contributed by atoms with Crippen molar-refractivity contribution >= 4 is 27.4 Å². The van der Waals surface area contributed by atoms with Gasteiger partial charge in [0, 0.05) is 17.3 Å². The fraction of sp³-hybridized carbons (Fsp3) is 0.111. The van der Waals surface area contributed by atoms with Crippen molar-refractivity contribution in [3.63, 3.8) is 0 Å². The summed E-state index contributed by atoms with van der Waals surface area (Å²) >= 11 is 6.01. The van der Waals surface area contributed by atoms with Gasteiger partial charge in [0.25, 0.3) is 10.0 Å². The summed E-state index contributed by atoms with van der Waals surface area (Å²) in [6.45, 7) is 2.09. The van der Waals surface area contributed by atoms with E-state index in [1.54, 1.807) is 42.5 Å². The second kappa shape index (κ2) is 6.26. The summed E-state index contributed by atoms with van der Waals surface area (Å²) in [7, 11) is -3.63. The van der Waals surface area contributed by atoms with Gasteiger partial charge in [-0.2, -0.15) is 4.98 Å². The summed E-state index contributed by atoms with van der Waals surface area (Å²) in [5.41, 5.74) is 1.60. The van der Waals surface area contributed by atoms with E-state index in [-0.39, 0.29) is 18.4 Å². The van der Waals surface area contributed by atoms with Crippen LogP contribution in [0, 0.1) is 6.92 Å². The fourth-order valence-electron chi connectivity index (χ4n) is 2.75. The van der Waals surface area contributed by atoms with Crippen molar-refractivity contribution in [2.45, 2.75) is 18.4 Å². The average Bonchev–Trinajstić information content (AvgIpc) is 2.90. The van der Waals surface area contributed by atoms with Crippen LogP contribution < -0.4 is 9.04 Å². The lowest BCUT2D eigenvalue weighted by molar-refractivity contribution is 0.442. The van der Waals surface area contributed by atoms with Gasteiger partial charge in [0.15, 0.2) is 0 Å². The molecule has 132 valence electrons. The van der Waals surface area contributed by atoms with E-state index in [0.29, 0.717) is 15.7 Å². The number of anilines is 1. The first-order chi connectivity index (χ1) is 12.4. The molecule has 0 radical (unpaired) electrons. The summed E-state index contributed by atoms with van der Waals surface area (Å²) < 4.78 is 32.4. The Labute approximate surface area is 156 Å².